The summed E-state index contributed by atoms with van der Waals surface area (Å²) in [6.45, 7) is 7.72. The monoisotopic (exact) mass is 661 g/mol. The van der Waals surface area contributed by atoms with Gasteiger partial charge in [0.25, 0.3) is 11.8 Å². The SMILES string of the molecule is C=CC(=O)OCCOCCOCCOCCOCCOCCCCCC(=O)Nc1cccc2c1C(=O)N(C1CCC(=O)NC1=O)C2=O. The summed E-state index contributed by atoms with van der Waals surface area (Å²) < 4.78 is 31.9. The third-order valence-corrected chi connectivity index (χ3v) is 7.06. The number of unbranched alkanes of at least 4 members (excludes halogenated alkanes) is 2. The number of nitrogens with one attached hydrogen (secondary N) is 2. The van der Waals surface area contributed by atoms with E-state index in [0.29, 0.717) is 72.5 Å². The number of carbonyl (C=O) groups excluding carboxylic acids is 6. The summed E-state index contributed by atoms with van der Waals surface area (Å²) in [5.74, 6) is -3.21. The van der Waals surface area contributed by atoms with Gasteiger partial charge in [0.1, 0.15) is 12.6 Å². The zero-order valence-electron chi connectivity index (χ0n) is 26.5. The molecule has 0 aromatic heterocycles. The number of piperidine rings is 1. The van der Waals surface area contributed by atoms with Crippen LogP contribution in [0.25, 0.3) is 0 Å². The van der Waals surface area contributed by atoms with Crippen LogP contribution in [0, 0.1) is 0 Å². The topological polar surface area (TPSA) is 185 Å². The maximum absolute atomic E-state index is 13.1. The minimum atomic E-state index is -1.07. The third kappa shape index (κ3) is 12.6. The van der Waals surface area contributed by atoms with E-state index in [1.54, 1.807) is 12.1 Å². The Hall–Kier alpha value is -4.02. The Morgan fingerprint density at radius 3 is 2.00 bits per heavy atom. The molecule has 1 unspecified atom stereocenters. The number of hydrogen-bond donors (Lipinski definition) is 2. The summed E-state index contributed by atoms with van der Waals surface area (Å²) in [5, 5.41) is 4.89. The molecule has 2 heterocycles. The molecule has 3 rings (SSSR count). The predicted octanol–water partition coefficient (Wildman–Crippen LogP) is 1.40. The van der Waals surface area contributed by atoms with E-state index in [2.05, 4.69) is 17.2 Å². The van der Waals surface area contributed by atoms with Gasteiger partial charge in [0.2, 0.25) is 17.7 Å². The summed E-state index contributed by atoms with van der Waals surface area (Å²) in [5.41, 5.74) is 0.373. The Morgan fingerprint density at radius 2 is 1.40 bits per heavy atom. The van der Waals surface area contributed by atoms with E-state index in [9.17, 15) is 28.8 Å². The molecule has 2 N–H and O–H groups in total. The van der Waals surface area contributed by atoms with Crippen molar-refractivity contribution in [3.63, 3.8) is 0 Å². The molecule has 47 heavy (non-hydrogen) atoms. The average molecular weight is 662 g/mol. The summed E-state index contributed by atoms with van der Waals surface area (Å²) in [6, 6.07) is 3.51. The molecule has 2 aliphatic heterocycles. The minimum absolute atomic E-state index is 0.0275. The summed E-state index contributed by atoms with van der Waals surface area (Å²) in [4.78, 5) is 74.2. The largest absolute Gasteiger partial charge is 0.460 e. The summed E-state index contributed by atoms with van der Waals surface area (Å²) >= 11 is 0. The van der Waals surface area contributed by atoms with Gasteiger partial charge in [0.15, 0.2) is 0 Å². The quantitative estimate of drug-likeness (QED) is 0.0704. The van der Waals surface area contributed by atoms with Crippen LogP contribution in [0.4, 0.5) is 5.69 Å². The Balaban J connectivity index is 1.15. The second-order valence-corrected chi connectivity index (χ2v) is 10.5. The van der Waals surface area contributed by atoms with Crippen molar-refractivity contribution >= 4 is 41.2 Å². The standard InChI is InChI=1S/C32H43N3O12/c1-2-28(38)47-22-21-46-20-19-45-18-17-44-16-15-43-14-13-42-12-5-3-4-9-26(36)33-24-8-6-7-23-29(24)32(41)35(31(23)40)25-10-11-27(37)34-30(25)39/h2,6-8,25H,1,3-5,9-22H2,(H,33,36)(H,34,37,39). The van der Waals surface area contributed by atoms with Crippen molar-refractivity contribution in [3.05, 3.63) is 42.0 Å². The van der Waals surface area contributed by atoms with Crippen LogP contribution < -0.4 is 10.6 Å². The second kappa shape index (κ2) is 21.0. The number of rotatable bonds is 24. The van der Waals surface area contributed by atoms with E-state index in [0.717, 1.165) is 23.8 Å². The first-order valence-electron chi connectivity index (χ1n) is 15.7. The summed E-state index contributed by atoms with van der Waals surface area (Å²) in [7, 11) is 0. The average Bonchev–Trinajstić information content (AvgIpc) is 3.31. The van der Waals surface area contributed by atoms with Crippen LogP contribution in [0.2, 0.25) is 0 Å². The Morgan fingerprint density at radius 1 is 0.809 bits per heavy atom. The fourth-order valence-electron chi connectivity index (χ4n) is 4.74. The third-order valence-electron chi connectivity index (χ3n) is 7.06. The molecule has 0 spiro atoms. The van der Waals surface area contributed by atoms with Crippen molar-refractivity contribution in [2.45, 2.75) is 44.6 Å². The van der Waals surface area contributed by atoms with Crippen molar-refractivity contribution in [2.75, 3.05) is 78.0 Å². The maximum atomic E-state index is 13.1. The molecule has 15 heteroatoms. The maximum Gasteiger partial charge on any atom is 0.330 e. The number of amides is 5. The van der Waals surface area contributed by atoms with Gasteiger partial charge in [-0.2, -0.15) is 0 Å². The van der Waals surface area contributed by atoms with Crippen LogP contribution in [-0.2, 0) is 47.6 Å². The molecule has 0 aliphatic carbocycles. The van der Waals surface area contributed by atoms with Gasteiger partial charge in [0, 0.05) is 25.5 Å². The van der Waals surface area contributed by atoms with Gasteiger partial charge in [-0.15, -0.1) is 0 Å². The highest BCUT2D eigenvalue weighted by molar-refractivity contribution is 6.26. The van der Waals surface area contributed by atoms with Crippen molar-refractivity contribution in [1.29, 1.82) is 0 Å². The molecule has 0 saturated carbocycles. The first kappa shape index (κ1) is 37.4. The number of imide groups is 2. The number of ether oxygens (including phenoxy) is 6. The van der Waals surface area contributed by atoms with Crippen LogP contribution in [0.15, 0.2) is 30.9 Å². The van der Waals surface area contributed by atoms with Crippen LogP contribution >= 0.6 is 0 Å². The van der Waals surface area contributed by atoms with Crippen LogP contribution in [0.5, 0.6) is 0 Å². The molecular formula is C32H43N3O12. The lowest BCUT2D eigenvalue weighted by Gasteiger charge is -2.27. The van der Waals surface area contributed by atoms with Gasteiger partial charge in [0.05, 0.1) is 76.3 Å². The van der Waals surface area contributed by atoms with Crippen molar-refractivity contribution in [1.82, 2.24) is 10.2 Å². The van der Waals surface area contributed by atoms with E-state index < -0.39 is 35.6 Å². The molecule has 2 aliphatic rings. The van der Waals surface area contributed by atoms with E-state index in [-0.39, 0.29) is 48.6 Å². The molecule has 258 valence electrons. The van der Waals surface area contributed by atoms with Crippen LogP contribution in [0.3, 0.4) is 0 Å². The van der Waals surface area contributed by atoms with Crippen LogP contribution in [-0.4, -0.2) is 119 Å². The number of fused-ring (bicyclic) bond motifs is 1. The van der Waals surface area contributed by atoms with E-state index in [4.69, 9.17) is 28.4 Å². The van der Waals surface area contributed by atoms with Gasteiger partial charge in [-0.3, -0.25) is 34.2 Å². The van der Waals surface area contributed by atoms with Crippen LogP contribution in [0.1, 0.15) is 59.2 Å². The normalized spacial score (nSPS) is 15.8. The smallest absolute Gasteiger partial charge is 0.330 e. The number of anilines is 1. The molecule has 0 radical (unpaired) electrons. The molecule has 1 aromatic rings. The molecule has 5 amide bonds. The minimum Gasteiger partial charge on any atom is -0.460 e. The second-order valence-electron chi connectivity index (χ2n) is 10.5. The highest BCUT2D eigenvalue weighted by atomic mass is 16.6. The molecule has 1 saturated heterocycles. The number of nitrogens with zero attached hydrogens (tertiary/aromatic N) is 1. The van der Waals surface area contributed by atoms with E-state index in [1.807, 2.05) is 0 Å². The number of esters is 1. The number of benzene rings is 1. The van der Waals surface area contributed by atoms with E-state index in [1.165, 1.54) is 6.07 Å². The molecule has 0 bridgehead atoms. The number of carbonyl (C=O) groups is 6. The lowest BCUT2D eigenvalue weighted by Crippen LogP contribution is -2.54. The molecule has 1 fully saturated rings. The predicted molar refractivity (Wildman–Crippen MR) is 165 cm³/mol. The summed E-state index contributed by atoms with van der Waals surface area (Å²) in [6.07, 6.45) is 3.53. The lowest BCUT2D eigenvalue weighted by atomic mass is 10.0. The van der Waals surface area contributed by atoms with Gasteiger partial charge in [-0.1, -0.05) is 19.1 Å². The fourth-order valence-corrected chi connectivity index (χ4v) is 4.74. The van der Waals surface area contributed by atoms with E-state index >= 15 is 0 Å². The highest BCUT2D eigenvalue weighted by Crippen LogP contribution is 2.32. The van der Waals surface area contributed by atoms with Gasteiger partial charge in [-0.05, 0) is 31.4 Å². The highest BCUT2D eigenvalue weighted by Gasteiger charge is 2.45. The van der Waals surface area contributed by atoms with Crippen molar-refractivity contribution in [3.8, 4) is 0 Å². The zero-order chi connectivity index (χ0) is 33.9. The lowest BCUT2D eigenvalue weighted by molar-refractivity contribution is -0.139. The zero-order valence-corrected chi connectivity index (χ0v) is 26.5. The fraction of sp³-hybridized carbons (Fsp3) is 0.562. The van der Waals surface area contributed by atoms with Gasteiger partial charge >= 0.3 is 5.97 Å². The van der Waals surface area contributed by atoms with Crippen molar-refractivity contribution in [2.24, 2.45) is 0 Å². The first-order valence-corrected chi connectivity index (χ1v) is 15.7. The molecule has 1 aromatic carbocycles. The number of hydrogen-bond acceptors (Lipinski definition) is 12. The Labute approximate surface area is 273 Å². The van der Waals surface area contributed by atoms with Gasteiger partial charge in [-0.25, -0.2) is 4.79 Å². The molecule has 1 atom stereocenters. The first-order chi connectivity index (χ1) is 22.8. The molecular weight excluding hydrogens is 618 g/mol. The molecule has 15 nitrogen and oxygen atoms in total. The Bertz CT molecular complexity index is 1250. The Kier molecular flexibility index (Phi) is 16.7. The van der Waals surface area contributed by atoms with Crippen molar-refractivity contribution < 1.29 is 57.2 Å². The van der Waals surface area contributed by atoms with Gasteiger partial charge < -0.3 is 33.7 Å².